The summed E-state index contributed by atoms with van der Waals surface area (Å²) < 4.78 is 25.3. The van der Waals surface area contributed by atoms with Gasteiger partial charge in [-0.3, -0.25) is 0 Å². The molecule has 208 valence electrons. The number of esters is 1. The van der Waals surface area contributed by atoms with Crippen molar-refractivity contribution in [2.75, 3.05) is 68.1 Å². The molecule has 35 heavy (non-hydrogen) atoms. The monoisotopic (exact) mass is 506 g/mol. The van der Waals surface area contributed by atoms with E-state index >= 15 is 0 Å². The minimum absolute atomic E-state index is 0.188. The number of ether oxygens (including phenoxy) is 5. The van der Waals surface area contributed by atoms with E-state index in [1.807, 2.05) is 0 Å². The Morgan fingerprint density at radius 1 is 0.714 bits per heavy atom. The van der Waals surface area contributed by atoms with Crippen LogP contribution in [-0.2, 0) is 38.1 Å². The average Bonchev–Trinajstić information content (AvgIpc) is 2.80. The van der Waals surface area contributed by atoms with Crippen LogP contribution in [0.25, 0.3) is 0 Å². The van der Waals surface area contributed by atoms with Crippen molar-refractivity contribution in [2.24, 2.45) is 5.41 Å². The second kappa shape index (κ2) is 28.6. The van der Waals surface area contributed by atoms with Gasteiger partial charge in [-0.15, -0.1) is 0 Å². The van der Waals surface area contributed by atoms with Gasteiger partial charge in [-0.05, 0) is 46.0 Å². The SMILES string of the molecule is C=CC(=O)OCCCCCC(C)=O.CC(=O)CCCCCO.COCC(COC)(COC)COC. The molecule has 0 amide bonds. The van der Waals surface area contributed by atoms with Crippen LogP contribution in [-0.4, -0.2) is 90.7 Å². The number of aliphatic hydroxyl groups excluding tert-OH is 1. The fourth-order valence-electron chi connectivity index (χ4n) is 3.02. The predicted molar refractivity (Wildman–Crippen MR) is 136 cm³/mol. The van der Waals surface area contributed by atoms with Gasteiger partial charge in [0, 0.05) is 54.0 Å². The van der Waals surface area contributed by atoms with Crippen molar-refractivity contribution >= 4 is 17.5 Å². The quantitative estimate of drug-likeness (QED) is 0.150. The predicted octanol–water partition coefficient (Wildman–Crippen LogP) is 3.55. The maximum Gasteiger partial charge on any atom is 0.330 e. The van der Waals surface area contributed by atoms with Gasteiger partial charge in [0.05, 0.1) is 38.4 Å². The maximum absolute atomic E-state index is 10.6. The number of carbonyl (C=O) groups excluding carboxylic acids is 3. The number of hydrogen-bond acceptors (Lipinski definition) is 9. The van der Waals surface area contributed by atoms with E-state index in [2.05, 4.69) is 6.58 Å². The van der Waals surface area contributed by atoms with Crippen molar-refractivity contribution < 1.29 is 43.2 Å². The Morgan fingerprint density at radius 2 is 1.11 bits per heavy atom. The third kappa shape index (κ3) is 30.3. The molecule has 0 rings (SSSR count). The van der Waals surface area contributed by atoms with Gasteiger partial charge in [-0.25, -0.2) is 4.79 Å². The van der Waals surface area contributed by atoms with Crippen molar-refractivity contribution in [3.8, 4) is 0 Å². The Kier molecular flexibility index (Phi) is 30.9. The lowest BCUT2D eigenvalue weighted by Crippen LogP contribution is -2.40. The van der Waals surface area contributed by atoms with Crippen LogP contribution in [0.1, 0.15) is 65.2 Å². The Bertz CT molecular complexity index is 491. The Morgan fingerprint density at radius 3 is 1.43 bits per heavy atom. The molecule has 0 aliphatic rings. The number of carbonyl (C=O) groups is 3. The van der Waals surface area contributed by atoms with E-state index in [0.717, 1.165) is 44.6 Å². The molecule has 0 saturated carbocycles. The largest absolute Gasteiger partial charge is 0.463 e. The van der Waals surface area contributed by atoms with Gasteiger partial charge in [-0.1, -0.05) is 13.0 Å². The summed E-state index contributed by atoms with van der Waals surface area (Å²) >= 11 is 0. The number of ketones is 2. The average molecular weight is 507 g/mol. The highest BCUT2D eigenvalue weighted by molar-refractivity contribution is 5.81. The van der Waals surface area contributed by atoms with Crippen molar-refractivity contribution in [3.63, 3.8) is 0 Å². The van der Waals surface area contributed by atoms with Crippen LogP contribution in [0.15, 0.2) is 12.7 Å². The molecule has 0 spiro atoms. The normalized spacial score (nSPS) is 10.4. The van der Waals surface area contributed by atoms with Gasteiger partial charge < -0.3 is 38.4 Å². The van der Waals surface area contributed by atoms with Crippen LogP contribution >= 0.6 is 0 Å². The number of Topliss-reactive ketones (excluding diaryl/α,β-unsaturated/α-hetero) is 2. The Balaban J connectivity index is -0.000000448. The third-order valence-electron chi connectivity index (χ3n) is 4.57. The highest BCUT2D eigenvalue weighted by Crippen LogP contribution is 2.19. The summed E-state index contributed by atoms with van der Waals surface area (Å²) in [7, 11) is 6.65. The first-order valence-electron chi connectivity index (χ1n) is 12.0. The van der Waals surface area contributed by atoms with E-state index in [9.17, 15) is 14.4 Å². The zero-order valence-electron chi connectivity index (χ0n) is 22.9. The van der Waals surface area contributed by atoms with Crippen LogP contribution in [0.5, 0.6) is 0 Å². The molecule has 0 aromatic heterocycles. The van der Waals surface area contributed by atoms with Gasteiger partial charge in [0.25, 0.3) is 0 Å². The van der Waals surface area contributed by atoms with Crippen molar-refractivity contribution in [1.29, 1.82) is 0 Å². The standard InChI is InChI=1S/C10H16O3.C9H20O4.C7H14O2/c1-3-10(12)13-8-6-4-5-7-9(2)11;1-10-5-9(6-11-2,7-12-3)8-13-4;1-7(9)5-3-2-4-6-8/h3H,1,4-8H2,2H3;5-8H2,1-4H3;8H,2-6H2,1H3. The van der Waals surface area contributed by atoms with E-state index in [0.29, 0.717) is 45.9 Å². The zero-order valence-corrected chi connectivity index (χ0v) is 22.9. The molecular formula is C26H50O9. The molecule has 0 aromatic rings. The molecule has 0 aromatic carbocycles. The van der Waals surface area contributed by atoms with E-state index in [1.165, 1.54) is 0 Å². The van der Waals surface area contributed by atoms with E-state index in [1.54, 1.807) is 42.3 Å². The summed E-state index contributed by atoms with van der Waals surface area (Å²) in [5, 5.41) is 8.35. The minimum Gasteiger partial charge on any atom is -0.463 e. The summed E-state index contributed by atoms with van der Waals surface area (Å²) in [5.74, 6) is 0.0718. The lowest BCUT2D eigenvalue weighted by Gasteiger charge is -2.30. The molecule has 0 aliphatic carbocycles. The number of aliphatic hydroxyl groups is 1. The van der Waals surface area contributed by atoms with Gasteiger partial charge in [0.2, 0.25) is 0 Å². The van der Waals surface area contributed by atoms with E-state index in [-0.39, 0.29) is 29.6 Å². The fourth-order valence-corrected chi connectivity index (χ4v) is 3.02. The van der Waals surface area contributed by atoms with Crippen LogP contribution in [0.2, 0.25) is 0 Å². The molecule has 1 N–H and O–H groups in total. The first kappa shape index (κ1) is 37.9. The first-order chi connectivity index (χ1) is 16.7. The number of methoxy groups -OCH3 is 4. The first-order valence-corrected chi connectivity index (χ1v) is 12.0. The molecule has 0 radical (unpaired) electrons. The summed E-state index contributed by atoms with van der Waals surface area (Å²) in [6.07, 6.45) is 7.77. The maximum atomic E-state index is 10.6. The second-order valence-electron chi connectivity index (χ2n) is 8.35. The minimum atomic E-state index is -0.383. The van der Waals surface area contributed by atoms with Gasteiger partial charge in [0.1, 0.15) is 11.6 Å². The molecule has 0 bridgehead atoms. The van der Waals surface area contributed by atoms with Gasteiger partial charge >= 0.3 is 5.97 Å². The van der Waals surface area contributed by atoms with Gasteiger partial charge in [-0.2, -0.15) is 0 Å². The van der Waals surface area contributed by atoms with Crippen LogP contribution in [0.3, 0.4) is 0 Å². The number of unbranched alkanes of at least 4 members (excludes halogenated alkanes) is 4. The summed E-state index contributed by atoms with van der Waals surface area (Å²) in [4.78, 5) is 31.4. The van der Waals surface area contributed by atoms with E-state index in [4.69, 9.17) is 28.8 Å². The Hall–Kier alpha value is -1.65. The molecule has 0 atom stereocenters. The smallest absolute Gasteiger partial charge is 0.330 e. The molecule has 0 heterocycles. The third-order valence-corrected chi connectivity index (χ3v) is 4.57. The summed E-state index contributed by atoms with van der Waals surface area (Å²) in [5.41, 5.74) is -0.188. The lowest BCUT2D eigenvalue weighted by atomic mass is 9.92. The zero-order chi connectivity index (χ0) is 27.4. The van der Waals surface area contributed by atoms with E-state index < -0.39 is 0 Å². The molecule has 9 nitrogen and oxygen atoms in total. The van der Waals surface area contributed by atoms with Crippen LogP contribution in [0.4, 0.5) is 0 Å². The van der Waals surface area contributed by atoms with Crippen molar-refractivity contribution in [2.45, 2.75) is 65.2 Å². The fraction of sp³-hybridized carbons (Fsp3) is 0.808. The van der Waals surface area contributed by atoms with Gasteiger partial charge in [0.15, 0.2) is 0 Å². The molecule has 0 unspecified atom stereocenters. The topological polar surface area (TPSA) is 118 Å². The lowest BCUT2D eigenvalue weighted by molar-refractivity contribution is -0.137. The number of rotatable bonds is 20. The molecule has 0 saturated heterocycles. The summed E-state index contributed by atoms with van der Waals surface area (Å²) in [6, 6.07) is 0. The highest BCUT2D eigenvalue weighted by atomic mass is 16.5. The molecule has 9 heteroatoms. The highest BCUT2D eigenvalue weighted by Gasteiger charge is 2.30. The van der Waals surface area contributed by atoms with Crippen LogP contribution in [0, 0.1) is 5.41 Å². The van der Waals surface area contributed by atoms with Crippen molar-refractivity contribution in [3.05, 3.63) is 12.7 Å². The second-order valence-corrected chi connectivity index (χ2v) is 8.35. The van der Waals surface area contributed by atoms with Crippen LogP contribution < -0.4 is 0 Å². The molecular weight excluding hydrogens is 456 g/mol. The Labute approximate surface area is 212 Å². The van der Waals surface area contributed by atoms with Crippen molar-refractivity contribution in [1.82, 2.24) is 0 Å². The molecule has 0 aliphatic heterocycles. The number of hydrogen-bond donors (Lipinski definition) is 1. The summed E-state index contributed by atoms with van der Waals surface area (Å²) in [6.45, 7) is 9.41. The molecule has 0 fully saturated rings.